The van der Waals surface area contributed by atoms with Gasteiger partial charge in [0.05, 0.1) is 11.3 Å². The summed E-state index contributed by atoms with van der Waals surface area (Å²) in [5, 5.41) is 0. The van der Waals surface area contributed by atoms with Gasteiger partial charge in [0.1, 0.15) is 0 Å². The van der Waals surface area contributed by atoms with Crippen LogP contribution in [0.1, 0.15) is 10.4 Å². The molecular weight excluding hydrogens is 178 g/mol. The van der Waals surface area contributed by atoms with Crippen molar-refractivity contribution in [2.75, 3.05) is 0 Å². The van der Waals surface area contributed by atoms with Crippen LogP contribution in [0.2, 0.25) is 0 Å². The molecule has 0 aliphatic carbocycles. The first-order chi connectivity index (χ1) is 6.79. The fraction of sp³-hybridized carbons (Fsp3) is 0. The van der Waals surface area contributed by atoms with Gasteiger partial charge in [-0.1, -0.05) is 0 Å². The summed E-state index contributed by atoms with van der Waals surface area (Å²) in [6.45, 7) is 0. The van der Waals surface area contributed by atoms with Crippen LogP contribution in [0.3, 0.4) is 0 Å². The van der Waals surface area contributed by atoms with E-state index in [4.69, 9.17) is 5.73 Å². The molecule has 0 unspecified atom stereocenters. The van der Waals surface area contributed by atoms with E-state index < -0.39 is 5.91 Å². The summed E-state index contributed by atoms with van der Waals surface area (Å²) in [6, 6.07) is 5.20. The third-order valence-corrected chi connectivity index (χ3v) is 1.94. The molecule has 0 aliphatic rings. The van der Waals surface area contributed by atoms with Gasteiger partial charge < -0.3 is 10.7 Å². The molecule has 0 aromatic carbocycles. The first-order valence-electron chi connectivity index (χ1n) is 4.17. The number of nitrogens with two attached hydrogens (primary N) is 1. The monoisotopic (exact) mass is 187 g/mol. The zero-order chi connectivity index (χ0) is 9.97. The van der Waals surface area contributed by atoms with Gasteiger partial charge in [0.25, 0.3) is 5.91 Å². The molecular formula is C10H9N3O. The van der Waals surface area contributed by atoms with Gasteiger partial charge >= 0.3 is 0 Å². The number of aromatic nitrogens is 2. The average molecular weight is 187 g/mol. The minimum atomic E-state index is -0.464. The number of carbonyl (C=O) groups is 1. The highest BCUT2D eigenvalue weighted by Crippen LogP contribution is 2.19. The zero-order valence-electron chi connectivity index (χ0n) is 7.40. The number of amides is 1. The molecule has 0 saturated carbocycles. The topological polar surface area (TPSA) is 71.8 Å². The molecule has 4 nitrogen and oxygen atoms in total. The minimum Gasteiger partial charge on any atom is -0.367 e. The standard InChI is InChI=1S/C10H9N3O/c11-10(14)8-2-1-4-13-9(8)7-3-5-12-6-7/h1-6,12H,(H2,11,14). The lowest BCUT2D eigenvalue weighted by Crippen LogP contribution is -2.12. The van der Waals surface area contributed by atoms with Crippen LogP contribution >= 0.6 is 0 Å². The van der Waals surface area contributed by atoms with Crippen LogP contribution in [0.5, 0.6) is 0 Å². The fourth-order valence-electron chi connectivity index (χ4n) is 1.31. The highest BCUT2D eigenvalue weighted by molar-refractivity contribution is 5.98. The van der Waals surface area contributed by atoms with E-state index in [9.17, 15) is 4.79 Å². The first kappa shape index (κ1) is 8.50. The van der Waals surface area contributed by atoms with Crippen molar-refractivity contribution in [2.24, 2.45) is 5.73 Å². The maximum atomic E-state index is 11.1. The Morgan fingerprint density at radius 3 is 2.93 bits per heavy atom. The Morgan fingerprint density at radius 2 is 2.29 bits per heavy atom. The van der Waals surface area contributed by atoms with Crippen molar-refractivity contribution in [3.63, 3.8) is 0 Å². The van der Waals surface area contributed by atoms with Gasteiger partial charge in [-0.2, -0.15) is 0 Å². The summed E-state index contributed by atoms with van der Waals surface area (Å²) in [5.74, 6) is -0.464. The van der Waals surface area contributed by atoms with Crippen LogP contribution in [0.25, 0.3) is 11.3 Å². The second kappa shape index (κ2) is 3.33. The minimum absolute atomic E-state index is 0.437. The molecule has 2 aromatic heterocycles. The lowest BCUT2D eigenvalue weighted by atomic mass is 10.1. The van der Waals surface area contributed by atoms with E-state index in [-0.39, 0.29) is 0 Å². The Bertz CT molecular complexity index is 448. The first-order valence-corrected chi connectivity index (χ1v) is 4.17. The largest absolute Gasteiger partial charge is 0.367 e. The second-order valence-corrected chi connectivity index (χ2v) is 2.86. The predicted molar refractivity (Wildman–Crippen MR) is 52.5 cm³/mol. The quantitative estimate of drug-likeness (QED) is 0.740. The summed E-state index contributed by atoms with van der Waals surface area (Å²) in [5.41, 5.74) is 7.14. The second-order valence-electron chi connectivity index (χ2n) is 2.86. The van der Waals surface area contributed by atoms with E-state index >= 15 is 0 Å². The number of pyridine rings is 1. The Hall–Kier alpha value is -2.10. The van der Waals surface area contributed by atoms with Crippen LogP contribution in [0, 0.1) is 0 Å². The molecule has 14 heavy (non-hydrogen) atoms. The van der Waals surface area contributed by atoms with E-state index in [2.05, 4.69) is 9.97 Å². The Labute approximate surface area is 80.8 Å². The Balaban J connectivity index is 2.58. The summed E-state index contributed by atoms with van der Waals surface area (Å²) in [7, 11) is 0. The van der Waals surface area contributed by atoms with Crippen molar-refractivity contribution in [2.45, 2.75) is 0 Å². The van der Waals surface area contributed by atoms with E-state index in [1.165, 1.54) is 0 Å². The number of hydrogen-bond acceptors (Lipinski definition) is 2. The molecule has 4 heteroatoms. The van der Waals surface area contributed by atoms with Crippen LogP contribution < -0.4 is 5.73 Å². The highest BCUT2D eigenvalue weighted by Gasteiger charge is 2.10. The van der Waals surface area contributed by atoms with Crippen molar-refractivity contribution in [1.82, 2.24) is 9.97 Å². The molecule has 0 radical (unpaired) electrons. The van der Waals surface area contributed by atoms with Crippen LogP contribution in [0.15, 0.2) is 36.8 Å². The van der Waals surface area contributed by atoms with Crippen molar-refractivity contribution in [3.8, 4) is 11.3 Å². The molecule has 0 spiro atoms. The van der Waals surface area contributed by atoms with Gasteiger partial charge in [-0.25, -0.2) is 0 Å². The fourth-order valence-corrected chi connectivity index (χ4v) is 1.31. The van der Waals surface area contributed by atoms with Crippen LogP contribution in [-0.2, 0) is 0 Å². The molecule has 0 fully saturated rings. The van der Waals surface area contributed by atoms with Gasteiger partial charge in [-0.15, -0.1) is 0 Å². The lowest BCUT2D eigenvalue weighted by Gasteiger charge is -2.01. The molecule has 0 atom stereocenters. The van der Waals surface area contributed by atoms with Gasteiger partial charge in [0.15, 0.2) is 0 Å². The SMILES string of the molecule is NC(=O)c1cccnc1-c1cc[nH]c1. The molecule has 2 rings (SSSR count). The summed E-state index contributed by atoms with van der Waals surface area (Å²) in [4.78, 5) is 18.1. The van der Waals surface area contributed by atoms with E-state index in [0.717, 1.165) is 5.56 Å². The summed E-state index contributed by atoms with van der Waals surface area (Å²) >= 11 is 0. The number of hydrogen-bond donors (Lipinski definition) is 2. The molecule has 2 heterocycles. The number of H-pyrrole nitrogens is 1. The molecule has 0 bridgehead atoms. The van der Waals surface area contributed by atoms with E-state index in [1.54, 1.807) is 30.7 Å². The van der Waals surface area contributed by atoms with Gasteiger partial charge in [0, 0.05) is 24.2 Å². The molecule has 1 amide bonds. The predicted octanol–water partition coefficient (Wildman–Crippen LogP) is 1.18. The third-order valence-electron chi connectivity index (χ3n) is 1.94. The maximum absolute atomic E-state index is 11.1. The number of rotatable bonds is 2. The molecule has 0 saturated heterocycles. The maximum Gasteiger partial charge on any atom is 0.250 e. The number of primary amides is 1. The Kier molecular flexibility index (Phi) is 2.02. The van der Waals surface area contributed by atoms with Crippen molar-refractivity contribution in [3.05, 3.63) is 42.4 Å². The van der Waals surface area contributed by atoms with Gasteiger partial charge in [0.2, 0.25) is 0 Å². The van der Waals surface area contributed by atoms with Crippen molar-refractivity contribution >= 4 is 5.91 Å². The smallest absolute Gasteiger partial charge is 0.250 e. The average Bonchev–Trinajstić information content (AvgIpc) is 2.70. The molecule has 3 N–H and O–H groups in total. The number of aromatic amines is 1. The van der Waals surface area contributed by atoms with Gasteiger partial charge in [-0.3, -0.25) is 9.78 Å². The zero-order valence-corrected chi connectivity index (χ0v) is 7.40. The molecule has 70 valence electrons. The lowest BCUT2D eigenvalue weighted by molar-refractivity contribution is 0.100. The molecule has 2 aromatic rings. The number of nitrogens with zero attached hydrogens (tertiary/aromatic N) is 1. The number of carbonyl (C=O) groups excluding carboxylic acids is 1. The summed E-state index contributed by atoms with van der Waals surface area (Å²) < 4.78 is 0. The number of nitrogens with one attached hydrogen (secondary N) is 1. The van der Waals surface area contributed by atoms with Crippen LogP contribution in [-0.4, -0.2) is 15.9 Å². The summed E-state index contributed by atoms with van der Waals surface area (Å²) in [6.07, 6.45) is 5.18. The van der Waals surface area contributed by atoms with E-state index in [1.807, 2.05) is 6.07 Å². The highest BCUT2D eigenvalue weighted by atomic mass is 16.1. The van der Waals surface area contributed by atoms with Gasteiger partial charge in [-0.05, 0) is 18.2 Å². The van der Waals surface area contributed by atoms with Crippen molar-refractivity contribution in [1.29, 1.82) is 0 Å². The Morgan fingerprint density at radius 1 is 1.43 bits per heavy atom. The van der Waals surface area contributed by atoms with Crippen molar-refractivity contribution < 1.29 is 4.79 Å². The van der Waals surface area contributed by atoms with Crippen LogP contribution in [0.4, 0.5) is 0 Å². The third kappa shape index (κ3) is 1.37. The molecule has 0 aliphatic heterocycles. The van der Waals surface area contributed by atoms with E-state index in [0.29, 0.717) is 11.3 Å². The normalized spacial score (nSPS) is 10.0.